The number of H-pyrrole nitrogens is 1. The molecule has 0 spiro atoms. The van der Waals surface area contributed by atoms with Crippen molar-refractivity contribution in [2.75, 3.05) is 12.4 Å². The quantitative estimate of drug-likeness (QED) is 0.503. The van der Waals surface area contributed by atoms with Crippen molar-refractivity contribution in [1.29, 1.82) is 0 Å². The summed E-state index contributed by atoms with van der Waals surface area (Å²) in [4.78, 5) is 16.6. The van der Waals surface area contributed by atoms with Crippen LogP contribution in [-0.2, 0) is 17.8 Å². The number of halogens is 1. The third-order valence-electron chi connectivity index (χ3n) is 4.64. The average Bonchev–Trinajstić information content (AvgIpc) is 3.34. The second-order valence-corrected chi connectivity index (χ2v) is 6.61. The number of aryl methyl sites for hydroxylation is 1. The summed E-state index contributed by atoms with van der Waals surface area (Å²) in [7, 11) is 1.64. The Morgan fingerprint density at radius 2 is 2.03 bits per heavy atom. The minimum atomic E-state index is -0.284. The molecule has 4 aromatic rings. The molecule has 2 N–H and O–H groups in total. The second kappa shape index (κ2) is 8.14. The molecule has 0 atom stereocenters. The smallest absolute Gasteiger partial charge is 0.248 e. The van der Waals surface area contributed by atoms with Crippen molar-refractivity contribution in [2.45, 2.75) is 19.4 Å². The molecule has 7 nitrogen and oxygen atoms in total. The molecule has 1 amide bonds. The third-order valence-corrected chi connectivity index (χ3v) is 4.64. The lowest BCUT2D eigenvalue weighted by atomic mass is 10.1. The monoisotopic (exact) mass is 393 g/mol. The summed E-state index contributed by atoms with van der Waals surface area (Å²) < 4.78 is 20.4. The molecule has 2 heterocycles. The topological polar surface area (TPSA) is 84.8 Å². The van der Waals surface area contributed by atoms with Crippen molar-refractivity contribution in [3.05, 3.63) is 71.9 Å². The molecular weight excluding hydrogens is 373 g/mol. The molecular formula is C21H20FN5O2. The highest BCUT2D eigenvalue weighted by Gasteiger charge is 2.10. The summed E-state index contributed by atoms with van der Waals surface area (Å²) in [6, 6.07) is 14.0. The number of ether oxygens (including phenoxy) is 1. The number of hydrogen-bond donors (Lipinski definition) is 2. The number of methoxy groups -OCH3 is 1. The number of nitrogens with zero attached hydrogens (tertiary/aromatic N) is 3. The Labute approximate surface area is 166 Å². The molecule has 4 rings (SSSR count). The number of aromatic amines is 1. The predicted molar refractivity (Wildman–Crippen MR) is 107 cm³/mol. The summed E-state index contributed by atoms with van der Waals surface area (Å²) in [5.41, 5.74) is 1.91. The zero-order valence-electron chi connectivity index (χ0n) is 15.9. The van der Waals surface area contributed by atoms with E-state index in [2.05, 4.69) is 20.5 Å². The van der Waals surface area contributed by atoms with Gasteiger partial charge in [0.25, 0.3) is 0 Å². The van der Waals surface area contributed by atoms with Crippen molar-refractivity contribution in [1.82, 2.24) is 19.7 Å². The van der Waals surface area contributed by atoms with Crippen LogP contribution in [0.3, 0.4) is 0 Å². The molecule has 0 saturated heterocycles. The van der Waals surface area contributed by atoms with Crippen LogP contribution < -0.4 is 10.1 Å². The molecule has 148 valence electrons. The van der Waals surface area contributed by atoms with E-state index in [-0.39, 0.29) is 24.1 Å². The zero-order chi connectivity index (χ0) is 20.2. The fraction of sp³-hybridized carbons (Fsp3) is 0.190. The van der Waals surface area contributed by atoms with Gasteiger partial charge in [-0.3, -0.25) is 15.2 Å². The molecule has 0 aliphatic carbocycles. The highest BCUT2D eigenvalue weighted by atomic mass is 19.1. The summed E-state index contributed by atoms with van der Waals surface area (Å²) in [5.74, 6) is 1.16. The van der Waals surface area contributed by atoms with Gasteiger partial charge in [-0.05, 0) is 35.9 Å². The average molecular weight is 393 g/mol. The third kappa shape index (κ3) is 4.26. The lowest BCUT2D eigenvalue weighted by molar-refractivity contribution is -0.116. The van der Waals surface area contributed by atoms with Crippen LogP contribution in [0.1, 0.15) is 17.8 Å². The van der Waals surface area contributed by atoms with E-state index < -0.39 is 0 Å². The summed E-state index contributed by atoms with van der Waals surface area (Å²) >= 11 is 0. The van der Waals surface area contributed by atoms with Crippen molar-refractivity contribution in [3.8, 4) is 5.75 Å². The largest absolute Gasteiger partial charge is 0.496 e. The van der Waals surface area contributed by atoms with E-state index in [0.29, 0.717) is 18.8 Å². The van der Waals surface area contributed by atoms with Gasteiger partial charge in [-0.1, -0.05) is 18.2 Å². The number of benzene rings is 2. The Bertz CT molecular complexity index is 1130. The number of fused-ring (bicyclic) bond motifs is 1. The maximum Gasteiger partial charge on any atom is 0.248 e. The number of carbonyl (C=O) groups is 1. The maximum absolute atomic E-state index is 13.0. The highest BCUT2D eigenvalue weighted by Crippen LogP contribution is 2.26. The standard InChI is InChI=1S/C21H20FN5O2/c1-29-18-4-2-3-17-16(18)9-11-27(17)12-10-20(28)24-21-23-19(25-26-21)13-14-5-7-15(22)8-6-14/h2-9,11H,10,12-13H2,1H3,(H2,23,24,25,26,28). The minimum Gasteiger partial charge on any atom is -0.496 e. The van der Waals surface area contributed by atoms with Gasteiger partial charge < -0.3 is 9.30 Å². The molecule has 2 aromatic heterocycles. The first-order valence-corrected chi connectivity index (χ1v) is 9.20. The van der Waals surface area contributed by atoms with E-state index >= 15 is 0 Å². The number of amides is 1. The van der Waals surface area contributed by atoms with Gasteiger partial charge in [-0.15, -0.1) is 5.10 Å². The zero-order valence-corrected chi connectivity index (χ0v) is 15.9. The lowest BCUT2D eigenvalue weighted by Gasteiger charge is -2.06. The number of carbonyl (C=O) groups excluding carboxylic acids is 1. The first-order valence-electron chi connectivity index (χ1n) is 9.20. The van der Waals surface area contributed by atoms with Crippen LogP contribution in [0.4, 0.5) is 10.3 Å². The van der Waals surface area contributed by atoms with Crippen LogP contribution in [0.25, 0.3) is 10.9 Å². The van der Waals surface area contributed by atoms with Crippen LogP contribution in [-0.4, -0.2) is 32.8 Å². The number of hydrogen-bond acceptors (Lipinski definition) is 4. The normalized spacial score (nSPS) is 11.0. The Balaban J connectivity index is 1.34. The number of rotatable bonds is 7. The number of anilines is 1. The van der Waals surface area contributed by atoms with Crippen molar-refractivity contribution >= 4 is 22.8 Å². The van der Waals surface area contributed by atoms with Gasteiger partial charge in [0.1, 0.15) is 17.4 Å². The lowest BCUT2D eigenvalue weighted by Crippen LogP contribution is -2.15. The van der Waals surface area contributed by atoms with Gasteiger partial charge in [-0.25, -0.2) is 4.39 Å². The van der Waals surface area contributed by atoms with E-state index in [0.717, 1.165) is 22.2 Å². The SMILES string of the molecule is COc1cccc2c1ccn2CCC(=O)Nc1n[nH]c(Cc2ccc(F)cc2)n1. The first-order chi connectivity index (χ1) is 14.1. The number of aromatic nitrogens is 4. The van der Waals surface area contributed by atoms with E-state index in [9.17, 15) is 9.18 Å². The second-order valence-electron chi connectivity index (χ2n) is 6.61. The molecule has 0 fully saturated rings. The van der Waals surface area contributed by atoms with Crippen molar-refractivity contribution < 1.29 is 13.9 Å². The van der Waals surface area contributed by atoms with Gasteiger partial charge in [0.05, 0.1) is 12.6 Å². The van der Waals surface area contributed by atoms with Crippen LogP contribution in [0.5, 0.6) is 5.75 Å². The predicted octanol–water partition coefficient (Wildman–Crippen LogP) is 3.53. The minimum absolute atomic E-state index is 0.179. The Morgan fingerprint density at radius 1 is 1.21 bits per heavy atom. The highest BCUT2D eigenvalue weighted by molar-refractivity contribution is 5.89. The first kappa shape index (κ1) is 18.7. The van der Waals surface area contributed by atoms with Crippen LogP contribution >= 0.6 is 0 Å². The summed E-state index contributed by atoms with van der Waals surface area (Å²) in [6.45, 7) is 0.523. The summed E-state index contributed by atoms with van der Waals surface area (Å²) in [6.07, 6.45) is 2.69. The van der Waals surface area contributed by atoms with Crippen LogP contribution in [0, 0.1) is 5.82 Å². The molecule has 0 unspecified atom stereocenters. The summed E-state index contributed by atoms with van der Waals surface area (Å²) in [5, 5.41) is 10.5. The van der Waals surface area contributed by atoms with Gasteiger partial charge in [0.2, 0.25) is 11.9 Å². The molecule has 2 aromatic carbocycles. The molecule has 0 aliphatic heterocycles. The molecule has 8 heteroatoms. The molecule has 0 aliphatic rings. The van der Waals surface area contributed by atoms with E-state index in [1.165, 1.54) is 12.1 Å². The molecule has 0 bridgehead atoms. The van der Waals surface area contributed by atoms with Gasteiger partial charge >= 0.3 is 0 Å². The van der Waals surface area contributed by atoms with Gasteiger partial charge in [-0.2, -0.15) is 4.98 Å². The molecule has 0 radical (unpaired) electrons. The van der Waals surface area contributed by atoms with Crippen LogP contribution in [0.2, 0.25) is 0 Å². The fourth-order valence-electron chi connectivity index (χ4n) is 3.20. The van der Waals surface area contributed by atoms with Crippen molar-refractivity contribution in [2.24, 2.45) is 0 Å². The maximum atomic E-state index is 13.0. The molecule has 29 heavy (non-hydrogen) atoms. The van der Waals surface area contributed by atoms with Gasteiger partial charge in [0, 0.05) is 31.0 Å². The fourth-order valence-corrected chi connectivity index (χ4v) is 3.20. The van der Waals surface area contributed by atoms with Gasteiger partial charge in [0.15, 0.2) is 0 Å². The Hall–Kier alpha value is -3.68. The Morgan fingerprint density at radius 3 is 2.83 bits per heavy atom. The van der Waals surface area contributed by atoms with Crippen LogP contribution in [0.15, 0.2) is 54.7 Å². The number of nitrogens with one attached hydrogen (secondary N) is 2. The Kier molecular flexibility index (Phi) is 5.24. The molecule has 0 saturated carbocycles. The van der Waals surface area contributed by atoms with E-state index in [1.54, 1.807) is 19.2 Å². The van der Waals surface area contributed by atoms with E-state index in [1.807, 2.05) is 35.0 Å². The van der Waals surface area contributed by atoms with Crippen molar-refractivity contribution in [3.63, 3.8) is 0 Å². The van der Waals surface area contributed by atoms with E-state index in [4.69, 9.17) is 4.74 Å².